The maximum atomic E-state index is 10.4. The predicted molar refractivity (Wildman–Crippen MR) is 56.7 cm³/mol. The van der Waals surface area contributed by atoms with Crippen LogP contribution in [-0.4, -0.2) is 32.7 Å². The Morgan fingerprint density at radius 1 is 1.75 bits per heavy atom. The molecule has 0 aliphatic carbocycles. The fourth-order valence-corrected chi connectivity index (χ4v) is 1.72. The van der Waals surface area contributed by atoms with Gasteiger partial charge in [0.25, 0.3) is 6.20 Å². The van der Waals surface area contributed by atoms with Gasteiger partial charge in [-0.15, -0.1) is 0 Å². The SMILES string of the molecule is Cn1cc(CN2CCNC2=C[N+](=O)[O-])cn1. The summed E-state index contributed by atoms with van der Waals surface area (Å²) in [7, 11) is 1.85. The summed E-state index contributed by atoms with van der Waals surface area (Å²) in [4.78, 5) is 11.9. The maximum absolute atomic E-state index is 10.4. The first-order valence-electron chi connectivity index (χ1n) is 4.97. The minimum Gasteiger partial charge on any atom is -0.365 e. The van der Waals surface area contributed by atoms with Crippen LogP contribution in [0.4, 0.5) is 0 Å². The van der Waals surface area contributed by atoms with E-state index in [2.05, 4.69) is 10.4 Å². The molecule has 0 aromatic carbocycles. The second-order valence-corrected chi connectivity index (χ2v) is 3.67. The van der Waals surface area contributed by atoms with Crippen LogP contribution in [0.5, 0.6) is 0 Å². The molecule has 0 spiro atoms. The van der Waals surface area contributed by atoms with Crippen LogP contribution in [0.25, 0.3) is 0 Å². The van der Waals surface area contributed by atoms with Gasteiger partial charge in [0, 0.05) is 38.4 Å². The van der Waals surface area contributed by atoms with E-state index in [-0.39, 0.29) is 0 Å². The summed E-state index contributed by atoms with van der Waals surface area (Å²) in [6.45, 7) is 2.15. The topological polar surface area (TPSA) is 76.2 Å². The van der Waals surface area contributed by atoms with Gasteiger partial charge in [0.05, 0.1) is 11.1 Å². The van der Waals surface area contributed by atoms with Gasteiger partial charge in [0.2, 0.25) is 0 Å². The lowest BCUT2D eigenvalue weighted by Crippen LogP contribution is -2.20. The quantitative estimate of drug-likeness (QED) is 0.572. The second kappa shape index (κ2) is 4.21. The van der Waals surface area contributed by atoms with Crippen molar-refractivity contribution in [1.29, 1.82) is 0 Å². The largest absolute Gasteiger partial charge is 0.365 e. The summed E-state index contributed by atoms with van der Waals surface area (Å²) in [5.41, 5.74) is 1.04. The average Bonchev–Trinajstić information content (AvgIpc) is 2.77. The summed E-state index contributed by atoms with van der Waals surface area (Å²) in [6, 6.07) is 0. The Labute approximate surface area is 92.5 Å². The third-order valence-corrected chi connectivity index (χ3v) is 2.39. The molecule has 16 heavy (non-hydrogen) atoms. The van der Waals surface area contributed by atoms with Crippen molar-refractivity contribution in [2.75, 3.05) is 13.1 Å². The molecule has 0 bridgehead atoms. The van der Waals surface area contributed by atoms with Gasteiger partial charge in [-0.3, -0.25) is 14.8 Å². The highest BCUT2D eigenvalue weighted by atomic mass is 16.6. The molecule has 0 atom stereocenters. The Morgan fingerprint density at radius 3 is 3.19 bits per heavy atom. The van der Waals surface area contributed by atoms with Crippen LogP contribution in [0.2, 0.25) is 0 Å². The third kappa shape index (κ3) is 2.30. The Kier molecular flexibility index (Phi) is 2.76. The molecule has 1 fully saturated rings. The zero-order chi connectivity index (χ0) is 11.5. The summed E-state index contributed by atoms with van der Waals surface area (Å²) in [6.07, 6.45) is 4.67. The van der Waals surface area contributed by atoms with Crippen molar-refractivity contribution < 1.29 is 4.92 Å². The first-order valence-corrected chi connectivity index (χ1v) is 4.97. The van der Waals surface area contributed by atoms with Gasteiger partial charge in [-0.25, -0.2) is 0 Å². The fourth-order valence-electron chi connectivity index (χ4n) is 1.72. The van der Waals surface area contributed by atoms with E-state index in [1.165, 1.54) is 0 Å². The van der Waals surface area contributed by atoms with Crippen LogP contribution in [0.15, 0.2) is 24.4 Å². The van der Waals surface area contributed by atoms with E-state index in [9.17, 15) is 10.1 Å². The molecule has 0 unspecified atom stereocenters. The first kappa shape index (κ1) is 10.5. The fraction of sp³-hybridized carbons (Fsp3) is 0.444. The van der Waals surface area contributed by atoms with Gasteiger partial charge in [-0.1, -0.05) is 0 Å². The van der Waals surface area contributed by atoms with Crippen molar-refractivity contribution in [3.63, 3.8) is 0 Å². The number of hydrogen-bond donors (Lipinski definition) is 1. The monoisotopic (exact) mass is 223 g/mol. The van der Waals surface area contributed by atoms with Gasteiger partial charge in [-0.2, -0.15) is 5.10 Å². The van der Waals surface area contributed by atoms with Crippen LogP contribution < -0.4 is 5.32 Å². The van der Waals surface area contributed by atoms with Crippen LogP contribution in [0.1, 0.15) is 5.56 Å². The zero-order valence-electron chi connectivity index (χ0n) is 8.96. The molecule has 0 radical (unpaired) electrons. The first-order chi connectivity index (χ1) is 7.65. The molecule has 0 saturated carbocycles. The molecule has 2 heterocycles. The van der Waals surface area contributed by atoms with Gasteiger partial charge in [-0.05, 0) is 0 Å². The van der Waals surface area contributed by atoms with E-state index < -0.39 is 4.92 Å². The third-order valence-electron chi connectivity index (χ3n) is 2.39. The Bertz CT molecular complexity index is 425. The number of nitrogens with one attached hydrogen (secondary N) is 1. The minimum atomic E-state index is -0.441. The molecule has 7 heteroatoms. The van der Waals surface area contributed by atoms with Gasteiger partial charge < -0.3 is 10.2 Å². The molecular formula is C9H13N5O2. The normalized spacial score (nSPS) is 17.8. The number of rotatable bonds is 3. The lowest BCUT2D eigenvalue weighted by Gasteiger charge is -2.15. The van der Waals surface area contributed by atoms with Crippen molar-refractivity contribution in [3.05, 3.63) is 40.1 Å². The van der Waals surface area contributed by atoms with Crippen LogP contribution in [-0.2, 0) is 13.6 Å². The molecular weight excluding hydrogens is 210 g/mol. The highest BCUT2D eigenvalue weighted by molar-refractivity contribution is 5.08. The summed E-state index contributed by atoms with van der Waals surface area (Å²) >= 11 is 0. The number of aryl methyl sites for hydroxylation is 1. The molecule has 1 aliphatic rings. The molecule has 1 aliphatic heterocycles. The van der Waals surface area contributed by atoms with E-state index >= 15 is 0 Å². The highest BCUT2D eigenvalue weighted by Crippen LogP contribution is 2.12. The Morgan fingerprint density at radius 2 is 2.56 bits per heavy atom. The Balaban J connectivity index is 2.06. The zero-order valence-corrected chi connectivity index (χ0v) is 8.96. The summed E-state index contributed by atoms with van der Waals surface area (Å²) in [5.74, 6) is 0.564. The smallest absolute Gasteiger partial charge is 0.274 e. The van der Waals surface area contributed by atoms with Crippen molar-refractivity contribution in [1.82, 2.24) is 20.0 Å². The Hall–Kier alpha value is -2.05. The van der Waals surface area contributed by atoms with E-state index in [4.69, 9.17) is 0 Å². The van der Waals surface area contributed by atoms with Crippen molar-refractivity contribution in [2.24, 2.45) is 7.05 Å². The minimum absolute atomic E-state index is 0.441. The molecule has 1 saturated heterocycles. The predicted octanol–water partition coefficient (Wildman–Crippen LogP) is -0.0991. The molecule has 0 amide bonds. The lowest BCUT2D eigenvalue weighted by molar-refractivity contribution is -0.404. The summed E-state index contributed by atoms with van der Waals surface area (Å²) in [5, 5.41) is 17.4. The molecule has 1 aromatic rings. The van der Waals surface area contributed by atoms with Crippen molar-refractivity contribution in [3.8, 4) is 0 Å². The average molecular weight is 223 g/mol. The van der Waals surface area contributed by atoms with Crippen LogP contribution in [0, 0.1) is 10.1 Å². The lowest BCUT2D eigenvalue weighted by atomic mass is 10.3. The van der Waals surface area contributed by atoms with Crippen molar-refractivity contribution in [2.45, 2.75) is 6.54 Å². The number of aromatic nitrogens is 2. The molecule has 1 N–H and O–H groups in total. The molecule has 2 rings (SSSR count). The van der Waals surface area contributed by atoms with E-state index in [1.807, 2.05) is 18.1 Å². The van der Waals surface area contributed by atoms with Gasteiger partial charge in [0.1, 0.15) is 0 Å². The van der Waals surface area contributed by atoms with Gasteiger partial charge >= 0.3 is 0 Å². The summed E-state index contributed by atoms with van der Waals surface area (Å²) < 4.78 is 1.72. The van der Waals surface area contributed by atoms with E-state index in [1.54, 1.807) is 10.9 Å². The second-order valence-electron chi connectivity index (χ2n) is 3.67. The maximum Gasteiger partial charge on any atom is 0.274 e. The van der Waals surface area contributed by atoms with Gasteiger partial charge in [0.15, 0.2) is 5.82 Å². The molecule has 86 valence electrons. The van der Waals surface area contributed by atoms with Crippen molar-refractivity contribution >= 4 is 0 Å². The van der Waals surface area contributed by atoms with E-state index in [0.717, 1.165) is 24.9 Å². The molecule has 1 aromatic heterocycles. The number of nitrogens with zero attached hydrogens (tertiary/aromatic N) is 4. The molecule has 7 nitrogen and oxygen atoms in total. The van der Waals surface area contributed by atoms with Crippen LogP contribution >= 0.6 is 0 Å². The van der Waals surface area contributed by atoms with E-state index in [0.29, 0.717) is 12.4 Å². The standard InChI is InChI=1S/C9H13N5O2/c1-12-5-8(4-11-12)6-13-3-2-10-9(13)7-14(15)16/h4-5,7,10H,2-3,6H2,1H3. The highest BCUT2D eigenvalue weighted by Gasteiger charge is 2.19. The van der Waals surface area contributed by atoms with Crippen LogP contribution in [0.3, 0.4) is 0 Å². The number of hydrogen-bond acceptors (Lipinski definition) is 5. The number of nitro groups is 1.